The van der Waals surface area contributed by atoms with Crippen molar-refractivity contribution in [2.75, 3.05) is 0 Å². The highest BCUT2D eigenvalue weighted by Gasteiger charge is 2.25. The van der Waals surface area contributed by atoms with Crippen LogP contribution in [0, 0.1) is 0 Å². The molecule has 2 unspecified atom stereocenters. The van der Waals surface area contributed by atoms with Crippen LogP contribution in [0.4, 0.5) is 0 Å². The summed E-state index contributed by atoms with van der Waals surface area (Å²) in [5.74, 6) is 0.432. The van der Waals surface area contributed by atoms with E-state index in [1.165, 1.54) is 11.1 Å². The van der Waals surface area contributed by atoms with Gasteiger partial charge < -0.3 is 10.4 Å². The van der Waals surface area contributed by atoms with Crippen LogP contribution in [-0.4, -0.2) is 5.11 Å². The van der Waals surface area contributed by atoms with Gasteiger partial charge in [0.25, 0.3) is 0 Å². The molecule has 2 N–H and O–H groups in total. The molecule has 3 heteroatoms. The van der Waals surface area contributed by atoms with Crippen LogP contribution < -0.4 is 5.32 Å². The fourth-order valence-electron chi connectivity index (χ4n) is 2.98. The molecule has 20 heavy (non-hydrogen) atoms. The van der Waals surface area contributed by atoms with Crippen LogP contribution in [0.25, 0.3) is 0 Å². The first-order valence-corrected chi connectivity index (χ1v) is 7.76. The summed E-state index contributed by atoms with van der Waals surface area (Å²) in [6.07, 6.45) is 2.00. The maximum atomic E-state index is 9.90. The fourth-order valence-corrected chi connectivity index (χ4v) is 3.40. The van der Waals surface area contributed by atoms with Crippen molar-refractivity contribution in [2.24, 2.45) is 0 Å². The minimum Gasteiger partial charge on any atom is -0.508 e. The quantitative estimate of drug-likeness (QED) is 0.868. The lowest BCUT2D eigenvalue weighted by atomic mass is 10.0. The minimum absolute atomic E-state index is 0.283. The Labute approximate surface area is 128 Å². The van der Waals surface area contributed by atoms with E-state index in [1.807, 2.05) is 12.1 Å². The second kappa shape index (κ2) is 5.58. The van der Waals surface area contributed by atoms with Gasteiger partial charge in [0.2, 0.25) is 0 Å². The van der Waals surface area contributed by atoms with E-state index in [0.717, 1.165) is 22.9 Å². The Morgan fingerprint density at radius 1 is 1.25 bits per heavy atom. The topological polar surface area (TPSA) is 32.3 Å². The summed E-state index contributed by atoms with van der Waals surface area (Å²) in [6.45, 7) is 2.18. The molecule has 1 aliphatic rings. The Hall–Kier alpha value is -1.32. The molecule has 0 amide bonds. The Bertz CT molecular complexity index is 626. The summed E-state index contributed by atoms with van der Waals surface area (Å²) in [4.78, 5) is 0. The van der Waals surface area contributed by atoms with Gasteiger partial charge in [0.15, 0.2) is 0 Å². The molecule has 1 aliphatic carbocycles. The number of nitrogens with one attached hydrogen (secondary N) is 1. The number of hydrogen-bond acceptors (Lipinski definition) is 2. The lowest BCUT2D eigenvalue weighted by Crippen LogP contribution is -2.22. The molecule has 0 saturated heterocycles. The number of halogens is 1. The van der Waals surface area contributed by atoms with E-state index in [4.69, 9.17) is 0 Å². The first kappa shape index (κ1) is 13.7. The average Bonchev–Trinajstić information content (AvgIpc) is 2.83. The monoisotopic (exact) mass is 331 g/mol. The van der Waals surface area contributed by atoms with Gasteiger partial charge in [-0.1, -0.05) is 40.2 Å². The van der Waals surface area contributed by atoms with Gasteiger partial charge in [-0.3, -0.25) is 0 Å². The Kier molecular flexibility index (Phi) is 3.81. The molecule has 3 rings (SSSR count). The van der Waals surface area contributed by atoms with Gasteiger partial charge in [-0.15, -0.1) is 0 Å². The molecule has 2 aromatic rings. The predicted octanol–water partition coefficient (Wildman–Crippen LogP) is 4.49. The van der Waals surface area contributed by atoms with Crippen LogP contribution in [-0.2, 0) is 6.42 Å². The summed E-state index contributed by atoms with van der Waals surface area (Å²) in [5, 5.41) is 13.6. The second-order valence-corrected chi connectivity index (χ2v) is 6.30. The van der Waals surface area contributed by atoms with Crippen LogP contribution >= 0.6 is 15.9 Å². The number of hydrogen-bond donors (Lipinski definition) is 2. The van der Waals surface area contributed by atoms with Crippen LogP contribution in [0.3, 0.4) is 0 Å². The van der Waals surface area contributed by atoms with Crippen LogP contribution in [0.15, 0.2) is 46.9 Å². The molecule has 2 aromatic carbocycles. The van der Waals surface area contributed by atoms with Gasteiger partial charge in [-0.25, -0.2) is 0 Å². The summed E-state index contributed by atoms with van der Waals surface area (Å²) in [5.41, 5.74) is 3.62. The van der Waals surface area contributed by atoms with E-state index >= 15 is 0 Å². The third-order valence-electron chi connectivity index (χ3n) is 4.05. The summed E-state index contributed by atoms with van der Waals surface area (Å²) >= 11 is 3.52. The fraction of sp³-hybridized carbons (Fsp3) is 0.294. The van der Waals surface area contributed by atoms with Gasteiger partial charge in [-0.2, -0.15) is 0 Å². The van der Waals surface area contributed by atoms with Gasteiger partial charge >= 0.3 is 0 Å². The van der Waals surface area contributed by atoms with Gasteiger partial charge in [-0.05, 0) is 54.7 Å². The standard InChI is InChI=1S/C17H18BrNO/c1-11(12-4-2-5-13(18)10-12)19-16-9-8-15-14(16)6-3-7-17(15)20/h2-7,10-11,16,19-20H,8-9H2,1H3. The average molecular weight is 332 g/mol. The molecule has 0 heterocycles. The number of phenolic OH excluding ortho intramolecular Hbond substituents is 1. The zero-order chi connectivity index (χ0) is 14.1. The van der Waals surface area contributed by atoms with Crippen LogP contribution in [0.5, 0.6) is 5.75 Å². The third kappa shape index (κ3) is 2.60. The molecule has 0 spiro atoms. The smallest absolute Gasteiger partial charge is 0.119 e. The number of phenols is 1. The maximum Gasteiger partial charge on any atom is 0.119 e. The molecule has 2 nitrogen and oxygen atoms in total. The normalized spacial score (nSPS) is 18.8. The zero-order valence-electron chi connectivity index (χ0n) is 11.4. The lowest BCUT2D eigenvalue weighted by molar-refractivity contribution is 0.465. The number of fused-ring (bicyclic) bond motifs is 1. The molecular weight excluding hydrogens is 314 g/mol. The van der Waals surface area contributed by atoms with E-state index in [9.17, 15) is 5.11 Å². The highest BCUT2D eigenvalue weighted by atomic mass is 79.9. The minimum atomic E-state index is 0.283. The van der Waals surface area contributed by atoms with Crippen molar-refractivity contribution in [3.8, 4) is 5.75 Å². The van der Waals surface area contributed by atoms with Gasteiger partial charge in [0.1, 0.15) is 5.75 Å². The molecule has 0 radical (unpaired) electrons. The van der Waals surface area contributed by atoms with Crippen molar-refractivity contribution in [2.45, 2.75) is 31.8 Å². The number of rotatable bonds is 3. The number of benzene rings is 2. The third-order valence-corrected chi connectivity index (χ3v) is 4.54. The molecule has 0 aliphatic heterocycles. The molecule has 0 fully saturated rings. The largest absolute Gasteiger partial charge is 0.508 e. The van der Waals surface area contributed by atoms with E-state index in [0.29, 0.717) is 11.8 Å². The highest BCUT2D eigenvalue weighted by Crippen LogP contribution is 2.37. The summed E-state index contributed by atoms with van der Waals surface area (Å²) in [6, 6.07) is 14.8. The second-order valence-electron chi connectivity index (χ2n) is 5.38. The van der Waals surface area contributed by atoms with E-state index in [-0.39, 0.29) is 6.04 Å². The zero-order valence-corrected chi connectivity index (χ0v) is 13.0. The Morgan fingerprint density at radius 2 is 2.05 bits per heavy atom. The van der Waals surface area contributed by atoms with Crippen molar-refractivity contribution in [1.82, 2.24) is 5.32 Å². The summed E-state index contributed by atoms with van der Waals surface area (Å²) in [7, 11) is 0. The SMILES string of the molecule is CC(NC1CCc2c(O)cccc21)c1cccc(Br)c1. The first-order chi connectivity index (χ1) is 9.65. The highest BCUT2D eigenvalue weighted by molar-refractivity contribution is 9.10. The van der Waals surface area contributed by atoms with Crippen molar-refractivity contribution in [3.63, 3.8) is 0 Å². The lowest BCUT2D eigenvalue weighted by Gasteiger charge is -2.21. The molecule has 2 atom stereocenters. The van der Waals surface area contributed by atoms with Crippen molar-refractivity contribution in [1.29, 1.82) is 0 Å². The molecular formula is C17H18BrNO. The van der Waals surface area contributed by atoms with E-state index < -0.39 is 0 Å². The predicted molar refractivity (Wildman–Crippen MR) is 84.9 cm³/mol. The Balaban J connectivity index is 1.79. The molecule has 0 aromatic heterocycles. The van der Waals surface area contributed by atoms with Crippen molar-refractivity contribution < 1.29 is 5.11 Å². The van der Waals surface area contributed by atoms with Crippen LogP contribution in [0.2, 0.25) is 0 Å². The van der Waals surface area contributed by atoms with E-state index in [1.54, 1.807) is 6.07 Å². The molecule has 104 valence electrons. The van der Waals surface area contributed by atoms with Crippen molar-refractivity contribution >= 4 is 15.9 Å². The van der Waals surface area contributed by atoms with E-state index in [2.05, 4.69) is 52.4 Å². The molecule has 0 saturated carbocycles. The first-order valence-electron chi connectivity index (χ1n) is 6.97. The van der Waals surface area contributed by atoms with Gasteiger partial charge in [0.05, 0.1) is 0 Å². The maximum absolute atomic E-state index is 9.90. The van der Waals surface area contributed by atoms with Gasteiger partial charge in [0, 0.05) is 16.6 Å². The summed E-state index contributed by atoms with van der Waals surface area (Å²) < 4.78 is 1.10. The van der Waals surface area contributed by atoms with Crippen molar-refractivity contribution in [3.05, 3.63) is 63.6 Å². The van der Waals surface area contributed by atoms with Crippen LogP contribution in [0.1, 0.15) is 42.1 Å². The number of aromatic hydroxyl groups is 1. The molecule has 0 bridgehead atoms. The Morgan fingerprint density at radius 3 is 2.85 bits per heavy atom.